The van der Waals surface area contributed by atoms with E-state index in [0.29, 0.717) is 0 Å². The van der Waals surface area contributed by atoms with Gasteiger partial charge in [-0.1, -0.05) is 88.7 Å². The summed E-state index contributed by atoms with van der Waals surface area (Å²) in [6, 6.07) is 39.7. The van der Waals surface area contributed by atoms with Gasteiger partial charge in [0.1, 0.15) is 17.0 Å². The first-order valence-electron chi connectivity index (χ1n) is 11.5. The van der Waals surface area contributed by atoms with Gasteiger partial charge in [0.05, 0.1) is 11.0 Å². The number of hydrogen-bond donors (Lipinski definition) is 0. The van der Waals surface area contributed by atoms with Gasteiger partial charge in [0.2, 0.25) is 0 Å². The maximum absolute atomic E-state index is 6.35. The van der Waals surface area contributed by atoms with E-state index in [1.807, 2.05) is 24.3 Å². The standard InChI is InChI=1S/C31H19BrN2O/c32-22-15-17-29-26(19-22)25-13-7-12-24(30(25)35-29)21-14-16-27-28(18-21)34(23-10-5-2-6-11-23)31(33-27)20-8-3-1-4-9-20/h1-19H. The molecule has 0 radical (unpaired) electrons. The molecule has 0 amide bonds. The summed E-state index contributed by atoms with van der Waals surface area (Å²) < 4.78 is 9.63. The summed E-state index contributed by atoms with van der Waals surface area (Å²) >= 11 is 3.59. The molecule has 2 heterocycles. The van der Waals surface area contributed by atoms with Crippen LogP contribution in [0.5, 0.6) is 0 Å². The fourth-order valence-electron chi connectivity index (χ4n) is 4.86. The predicted octanol–water partition coefficient (Wildman–Crippen LogP) is 9.02. The van der Waals surface area contributed by atoms with E-state index < -0.39 is 0 Å². The molecule has 0 saturated carbocycles. The summed E-state index contributed by atoms with van der Waals surface area (Å²) in [7, 11) is 0. The van der Waals surface area contributed by atoms with E-state index in [2.05, 4.69) is 111 Å². The molecule has 0 fully saturated rings. The minimum Gasteiger partial charge on any atom is -0.455 e. The van der Waals surface area contributed by atoms with Crippen LogP contribution < -0.4 is 0 Å². The van der Waals surface area contributed by atoms with Gasteiger partial charge in [-0.05, 0) is 48.0 Å². The Kier molecular flexibility index (Phi) is 4.61. The third-order valence-electron chi connectivity index (χ3n) is 6.47. The van der Waals surface area contributed by atoms with Crippen LogP contribution >= 0.6 is 15.9 Å². The van der Waals surface area contributed by atoms with Crippen molar-refractivity contribution in [3.8, 4) is 28.2 Å². The van der Waals surface area contributed by atoms with E-state index in [9.17, 15) is 0 Å². The summed E-state index contributed by atoms with van der Waals surface area (Å²) in [6.45, 7) is 0. The SMILES string of the molecule is Brc1ccc2oc3c(-c4ccc5nc(-c6ccccc6)n(-c6ccccc6)c5c4)cccc3c2c1. The molecule has 7 rings (SSSR count). The molecule has 7 aromatic rings. The Morgan fingerprint density at radius 3 is 2.29 bits per heavy atom. The second-order valence-electron chi connectivity index (χ2n) is 8.60. The number of imidazole rings is 1. The first kappa shape index (κ1) is 20.2. The predicted molar refractivity (Wildman–Crippen MR) is 147 cm³/mol. The highest BCUT2D eigenvalue weighted by Crippen LogP contribution is 2.38. The molecule has 0 saturated heterocycles. The Hall–Kier alpha value is -4.15. The average molecular weight is 515 g/mol. The topological polar surface area (TPSA) is 31.0 Å². The molecule has 0 aliphatic heterocycles. The molecule has 0 spiro atoms. The average Bonchev–Trinajstić information content (AvgIpc) is 3.47. The monoisotopic (exact) mass is 514 g/mol. The molecule has 0 N–H and O–H groups in total. The van der Waals surface area contributed by atoms with Gasteiger partial charge in [-0.2, -0.15) is 0 Å². The van der Waals surface area contributed by atoms with E-state index >= 15 is 0 Å². The minimum atomic E-state index is 0.886. The number of rotatable bonds is 3. The molecule has 35 heavy (non-hydrogen) atoms. The second kappa shape index (κ2) is 7.97. The van der Waals surface area contributed by atoms with Gasteiger partial charge in [0, 0.05) is 32.1 Å². The number of furan rings is 1. The summed E-state index contributed by atoms with van der Waals surface area (Å²) in [6.07, 6.45) is 0. The van der Waals surface area contributed by atoms with Crippen LogP contribution in [-0.4, -0.2) is 9.55 Å². The molecule has 0 atom stereocenters. The molecule has 2 aromatic heterocycles. The molecule has 0 unspecified atom stereocenters. The Bertz CT molecular complexity index is 1850. The van der Waals surface area contributed by atoms with Crippen LogP contribution in [0.1, 0.15) is 0 Å². The van der Waals surface area contributed by atoms with Crippen LogP contribution in [0.3, 0.4) is 0 Å². The quantitative estimate of drug-likeness (QED) is 0.235. The van der Waals surface area contributed by atoms with E-state index in [-0.39, 0.29) is 0 Å². The number of halogens is 1. The van der Waals surface area contributed by atoms with Crippen molar-refractivity contribution in [2.24, 2.45) is 0 Å². The first-order chi connectivity index (χ1) is 17.3. The van der Waals surface area contributed by atoms with E-state index in [0.717, 1.165) is 65.6 Å². The number of aromatic nitrogens is 2. The summed E-state index contributed by atoms with van der Waals surface area (Å²) in [5, 5.41) is 2.22. The Morgan fingerprint density at radius 2 is 1.46 bits per heavy atom. The zero-order valence-corrected chi connectivity index (χ0v) is 20.2. The summed E-state index contributed by atoms with van der Waals surface area (Å²) in [5.74, 6) is 0.927. The van der Waals surface area contributed by atoms with Crippen molar-refractivity contribution in [1.82, 2.24) is 9.55 Å². The van der Waals surface area contributed by atoms with Crippen LogP contribution in [0.4, 0.5) is 0 Å². The van der Waals surface area contributed by atoms with E-state index in [1.165, 1.54) is 0 Å². The van der Waals surface area contributed by atoms with Gasteiger partial charge < -0.3 is 4.42 Å². The lowest BCUT2D eigenvalue weighted by Gasteiger charge is -2.10. The maximum Gasteiger partial charge on any atom is 0.145 e. The highest BCUT2D eigenvalue weighted by atomic mass is 79.9. The van der Waals surface area contributed by atoms with Crippen molar-refractivity contribution in [1.29, 1.82) is 0 Å². The van der Waals surface area contributed by atoms with Crippen LogP contribution in [0, 0.1) is 0 Å². The number of hydrogen-bond acceptors (Lipinski definition) is 2. The van der Waals surface area contributed by atoms with Gasteiger partial charge in [-0.25, -0.2) is 4.98 Å². The summed E-state index contributed by atoms with van der Waals surface area (Å²) in [5.41, 5.74) is 8.13. The number of para-hydroxylation sites is 2. The van der Waals surface area contributed by atoms with Crippen LogP contribution in [0.2, 0.25) is 0 Å². The Labute approximate surface area is 210 Å². The van der Waals surface area contributed by atoms with Crippen molar-refractivity contribution in [3.63, 3.8) is 0 Å². The molecule has 5 aromatic carbocycles. The molecule has 3 nitrogen and oxygen atoms in total. The molecule has 0 aliphatic rings. The van der Waals surface area contributed by atoms with Crippen LogP contribution in [0.25, 0.3) is 61.2 Å². The highest BCUT2D eigenvalue weighted by Gasteiger charge is 2.17. The van der Waals surface area contributed by atoms with E-state index in [1.54, 1.807) is 0 Å². The zero-order valence-electron chi connectivity index (χ0n) is 18.7. The zero-order chi connectivity index (χ0) is 23.4. The Balaban J connectivity index is 1.50. The molecular weight excluding hydrogens is 496 g/mol. The molecular formula is C31H19BrN2O. The largest absolute Gasteiger partial charge is 0.455 e. The van der Waals surface area contributed by atoms with Crippen molar-refractivity contribution >= 4 is 48.9 Å². The Morgan fingerprint density at radius 1 is 0.657 bits per heavy atom. The molecule has 0 aliphatic carbocycles. The number of benzene rings is 5. The number of nitrogens with zero attached hydrogens (tertiary/aromatic N) is 2. The van der Waals surface area contributed by atoms with Crippen molar-refractivity contribution in [2.45, 2.75) is 0 Å². The molecule has 166 valence electrons. The lowest BCUT2D eigenvalue weighted by Crippen LogP contribution is -1.97. The van der Waals surface area contributed by atoms with Crippen molar-refractivity contribution in [2.75, 3.05) is 0 Å². The van der Waals surface area contributed by atoms with Gasteiger partial charge >= 0.3 is 0 Å². The summed E-state index contributed by atoms with van der Waals surface area (Å²) in [4.78, 5) is 5.04. The lowest BCUT2D eigenvalue weighted by atomic mass is 10.0. The number of fused-ring (bicyclic) bond motifs is 4. The third-order valence-corrected chi connectivity index (χ3v) is 6.96. The normalized spacial score (nSPS) is 11.6. The highest BCUT2D eigenvalue weighted by molar-refractivity contribution is 9.10. The third kappa shape index (κ3) is 3.29. The molecule has 0 bridgehead atoms. The minimum absolute atomic E-state index is 0.886. The fraction of sp³-hybridized carbons (Fsp3) is 0. The van der Waals surface area contributed by atoms with Gasteiger partial charge in [-0.15, -0.1) is 0 Å². The second-order valence-corrected chi connectivity index (χ2v) is 9.52. The molecule has 4 heteroatoms. The van der Waals surface area contributed by atoms with Gasteiger partial charge in [0.25, 0.3) is 0 Å². The van der Waals surface area contributed by atoms with Crippen LogP contribution in [0.15, 0.2) is 124 Å². The first-order valence-corrected chi connectivity index (χ1v) is 12.3. The van der Waals surface area contributed by atoms with Crippen molar-refractivity contribution in [3.05, 3.63) is 120 Å². The van der Waals surface area contributed by atoms with Crippen LogP contribution in [-0.2, 0) is 0 Å². The van der Waals surface area contributed by atoms with Gasteiger partial charge in [0.15, 0.2) is 0 Å². The fourth-order valence-corrected chi connectivity index (χ4v) is 5.22. The lowest BCUT2D eigenvalue weighted by molar-refractivity contribution is 0.670. The smallest absolute Gasteiger partial charge is 0.145 e. The maximum atomic E-state index is 6.35. The van der Waals surface area contributed by atoms with E-state index in [4.69, 9.17) is 9.40 Å². The van der Waals surface area contributed by atoms with Crippen molar-refractivity contribution < 1.29 is 4.42 Å². The van der Waals surface area contributed by atoms with Gasteiger partial charge in [-0.3, -0.25) is 4.57 Å².